The van der Waals surface area contributed by atoms with Gasteiger partial charge in [-0.15, -0.1) is 0 Å². The second-order valence-electron chi connectivity index (χ2n) is 5.30. The van der Waals surface area contributed by atoms with E-state index in [2.05, 4.69) is 0 Å². The maximum absolute atomic E-state index is 13.1. The van der Waals surface area contributed by atoms with Gasteiger partial charge in [0.15, 0.2) is 0 Å². The fourth-order valence-corrected chi connectivity index (χ4v) is 2.83. The van der Waals surface area contributed by atoms with Crippen LogP contribution in [0.25, 0.3) is 0 Å². The van der Waals surface area contributed by atoms with Crippen LogP contribution >= 0.6 is 0 Å². The smallest absolute Gasteiger partial charge is 0.126 e. The molecule has 0 saturated heterocycles. The van der Waals surface area contributed by atoms with Gasteiger partial charge in [0.25, 0.3) is 0 Å². The van der Waals surface area contributed by atoms with E-state index in [0.717, 1.165) is 31.7 Å². The van der Waals surface area contributed by atoms with Gasteiger partial charge in [-0.3, -0.25) is 0 Å². The molecule has 0 aliphatic heterocycles. The van der Waals surface area contributed by atoms with Crippen LogP contribution in [-0.2, 0) is 6.42 Å². The topological polar surface area (TPSA) is 20.2 Å². The average molecular weight is 254 g/mol. The lowest BCUT2D eigenvalue weighted by Gasteiger charge is -2.21. The van der Waals surface area contributed by atoms with Crippen LogP contribution in [0.5, 0.6) is 0 Å². The van der Waals surface area contributed by atoms with Crippen LogP contribution in [0.15, 0.2) is 18.2 Å². The van der Waals surface area contributed by atoms with E-state index in [0.29, 0.717) is 12.0 Å². The van der Waals surface area contributed by atoms with Crippen LogP contribution in [0.2, 0.25) is 0 Å². The van der Waals surface area contributed by atoms with Gasteiger partial charge in [-0.25, -0.2) is 8.78 Å². The number of halogens is 2. The summed E-state index contributed by atoms with van der Waals surface area (Å²) in [6, 6.07) is 3.48. The largest absolute Gasteiger partial charge is 0.392 e. The summed E-state index contributed by atoms with van der Waals surface area (Å²) in [5.74, 6) is -0.866. The van der Waals surface area contributed by atoms with E-state index in [9.17, 15) is 13.9 Å². The Morgan fingerprint density at radius 2 is 1.56 bits per heavy atom. The molecule has 1 fully saturated rings. The summed E-state index contributed by atoms with van der Waals surface area (Å²) in [6.07, 6.45) is 6.69. The fraction of sp³-hybridized carbons (Fsp3) is 0.600. The molecule has 2 rings (SSSR count). The molecular formula is C15H20F2O. The van der Waals surface area contributed by atoms with Crippen LogP contribution in [0.1, 0.15) is 44.1 Å². The quantitative estimate of drug-likeness (QED) is 0.813. The monoisotopic (exact) mass is 254 g/mol. The Kier molecular flexibility index (Phi) is 4.70. The summed E-state index contributed by atoms with van der Waals surface area (Å²) in [5.41, 5.74) is 0.546. The van der Waals surface area contributed by atoms with Crippen LogP contribution < -0.4 is 0 Å². The Morgan fingerprint density at radius 3 is 2.11 bits per heavy atom. The maximum Gasteiger partial charge on any atom is 0.126 e. The van der Waals surface area contributed by atoms with Crippen LogP contribution in [-0.4, -0.2) is 11.2 Å². The molecule has 1 aliphatic rings. The van der Waals surface area contributed by atoms with E-state index in [4.69, 9.17) is 0 Å². The zero-order valence-corrected chi connectivity index (χ0v) is 10.5. The molecule has 3 heteroatoms. The summed E-state index contributed by atoms with van der Waals surface area (Å²) in [6.45, 7) is 0. The minimum Gasteiger partial charge on any atom is -0.392 e. The third-order valence-corrected chi connectivity index (χ3v) is 3.81. The first-order valence-electron chi connectivity index (χ1n) is 6.78. The first-order chi connectivity index (χ1) is 8.65. The van der Waals surface area contributed by atoms with Crippen molar-refractivity contribution >= 4 is 0 Å². The molecule has 0 aromatic heterocycles. The van der Waals surface area contributed by atoms with Crippen molar-refractivity contribution in [2.24, 2.45) is 5.92 Å². The molecular weight excluding hydrogens is 234 g/mol. The first-order valence-corrected chi connectivity index (χ1v) is 6.78. The molecule has 1 unspecified atom stereocenters. The highest BCUT2D eigenvalue weighted by atomic mass is 19.1. The van der Waals surface area contributed by atoms with Crippen molar-refractivity contribution in [3.8, 4) is 0 Å². The van der Waals surface area contributed by atoms with Crippen molar-refractivity contribution in [3.05, 3.63) is 35.4 Å². The molecule has 100 valence electrons. The molecule has 0 bridgehead atoms. The minimum atomic E-state index is -0.571. The van der Waals surface area contributed by atoms with Gasteiger partial charge in [-0.1, -0.05) is 25.7 Å². The molecule has 1 nitrogen and oxygen atoms in total. The predicted molar refractivity (Wildman–Crippen MR) is 67.3 cm³/mol. The van der Waals surface area contributed by atoms with Crippen LogP contribution in [0.4, 0.5) is 8.78 Å². The molecule has 1 atom stereocenters. The SMILES string of the molecule is OC(Cc1cc(F)cc(F)c1)C1CCCCCC1. The first kappa shape index (κ1) is 13.5. The van der Waals surface area contributed by atoms with E-state index < -0.39 is 17.7 Å². The minimum absolute atomic E-state index is 0.277. The molecule has 0 heterocycles. The highest BCUT2D eigenvalue weighted by molar-refractivity contribution is 5.18. The molecule has 18 heavy (non-hydrogen) atoms. The van der Waals surface area contributed by atoms with Crippen molar-refractivity contribution in [3.63, 3.8) is 0 Å². The number of hydrogen-bond donors (Lipinski definition) is 1. The van der Waals surface area contributed by atoms with E-state index in [1.807, 2.05) is 0 Å². The van der Waals surface area contributed by atoms with Crippen LogP contribution in [0, 0.1) is 17.6 Å². The fourth-order valence-electron chi connectivity index (χ4n) is 2.83. The summed E-state index contributed by atoms with van der Waals surface area (Å²) < 4.78 is 26.1. The number of benzene rings is 1. The van der Waals surface area contributed by atoms with Gasteiger partial charge >= 0.3 is 0 Å². The lowest BCUT2D eigenvalue weighted by atomic mass is 9.90. The highest BCUT2D eigenvalue weighted by Crippen LogP contribution is 2.27. The number of hydrogen-bond acceptors (Lipinski definition) is 1. The van der Waals surface area contributed by atoms with Gasteiger partial charge in [-0.05, 0) is 42.9 Å². The molecule has 1 saturated carbocycles. The normalized spacial score (nSPS) is 19.5. The van der Waals surface area contributed by atoms with Crippen molar-refractivity contribution in [2.75, 3.05) is 0 Å². The number of aliphatic hydroxyl groups excluding tert-OH is 1. The molecule has 1 aromatic carbocycles. The molecule has 0 amide bonds. The summed E-state index contributed by atoms with van der Waals surface area (Å²) in [4.78, 5) is 0. The summed E-state index contributed by atoms with van der Waals surface area (Å²) in [7, 11) is 0. The van der Waals surface area contributed by atoms with E-state index in [1.54, 1.807) is 0 Å². The van der Waals surface area contributed by atoms with E-state index in [-0.39, 0.29) is 5.92 Å². The van der Waals surface area contributed by atoms with E-state index in [1.165, 1.54) is 25.0 Å². The van der Waals surface area contributed by atoms with Gasteiger partial charge < -0.3 is 5.11 Å². The molecule has 0 radical (unpaired) electrons. The Morgan fingerprint density at radius 1 is 1.00 bits per heavy atom. The molecule has 0 spiro atoms. The second kappa shape index (κ2) is 6.28. The highest BCUT2D eigenvalue weighted by Gasteiger charge is 2.21. The summed E-state index contributed by atoms with van der Waals surface area (Å²) in [5, 5.41) is 10.2. The zero-order chi connectivity index (χ0) is 13.0. The van der Waals surface area contributed by atoms with Crippen molar-refractivity contribution < 1.29 is 13.9 Å². The van der Waals surface area contributed by atoms with Crippen LogP contribution in [0.3, 0.4) is 0 Å². The number of aliphatic hydroxyl groups is 1. The molecule has 1 aliphatic carbocycles. The Labute approximate surface area is 107 Å². The Bertz CT molecular complexity index is 364. The van der Waals surface area contributed by atoms with Crippen molar-refractivity contribution in [2.45, 2.75) is 51.0 Å². The van der Waals surface area contributed by atoms with Gasteiger partial charge in [0.2, 0.25) is 0 Å². The lowest BCUT2D eigenvalue weighted by Crippen LogP contribution is -2.22. The Balaban J connectivity index is 1.98. The number of rotatable bonds is 3. The van der Waals surface area contributed by atoms with Gasteiger partial charge in [0.05, 0.1) is 6.10 Å². The van der Waals surface area contributed by atoms with Crippen molar-refractivity contribution in [1.29, 1.82) is 0 Å². The maximum atomic E-state index is 13.1. The Hall–Kier alpha value is -0.960. The zero-order valence-electron chi connectivity index (χ0n) is 10.5. The average Bonchev–Trinajstić information content (AvgIpc) is 2.55. The predicted octanol–water partition coefficient (Wildman–Crippen LogP) is 3.84. The summed E-state index contributed by atoms with van der Waals surface area (Å²) >= 11 is 0. The molecule has 1 N–H and O–H groups in total. The van der Waals surface area contributed by atoms with Gasteiger partial charge in [0.1, 0.15) is 11.6 Å². The van der Waals surface area contributed by atoms with E-state index >= 15 is 0 Å². The van der Waals surface area contributed by atoms with Gasteiger partial charge in [-0.2, -0.15) is 0 Å². The second-order valence-corrected chi connectivity index (χ2v) is 5.30. The van der Waals surface area contributed by atoms with Gasteiger partial charge in [0, 0.05) is 6.07 Å². The third kappa shape index (κ3) is 3.77. The van der Waals surface area contributed by atoms with Crippen molar-refractivity contribution in [1.82, 2.24) is 0 Å². The standard InChI is InChI=1S/C15H20F2O/c16-13-7-11(8-14(17)10-13)9-15(18)12-5-3-1-2-4-6-12/h7-8,10,12,15,18H,1-6,9H2. The lowest BCUT2D eigenvalue weighted by molar-refractivity contribution is 0.0985. The molecule has 1 aromatic rings. The third-order valence-electron chi connectivity index (χ3n) is 3.81.